The second-order valence-electron chi connectivity index (χ2n) is 10.2. The molecule has 9 heteroatoms. The first-order valence-corrected chi connectivity index (χ1v) is 12.5. The Hall–Kier alpha value is -1.55. The van der Waals surface area contributed by atoms with Crippen molar-refractivity contribution < 1.29 is 14.2 Å². The standard InChI is InChI=1S/C24H47N6O3/c1-18(2)28(19(3)4)10-14-32-23-25-22(30(9)12-16-31-17-13-30)26-24(27-23)33-15-11-29(20(5)6)21(7)8/h18-21H,10-17H2,1-9H3/q+1. The Morgan fingerprint density at radius 1 is 0.727 bits per heavy atom. The largest absolute Gasteiger partial charge is 0.462 e. The third-order valence-electron chi connectivity index (χ3n) is 6.34. The first-order chi connectivity index (χ1) is 15.5. The van der Waals surface area contributed by atoms with E-state index in [1.807, 2.05) is 0 Å². The predicted molar refractivity (Wildman–Crippen MR) is 133 cm³/mol. The van der Waals surface area contributed by atoms with Crippen molar-refractivity contribution in [1.29, 1.82) is 0 Å². The summed E-state index contributed by atoms with van der Waals surface area (Å²) in [6, 6.07) is 2.46. The van der Waals surface area contributed by atoms with E-state index >= 15 is 0 Å². The lowest BCUT2D eigenvalue weighted by Crippen LogP contribution is -2.54. The van der Waals surface area contributed by atoms with Gasteiger partial charge in [0, 0.05) is 37.3 Å². The number of hydrogen-bond donors (Lipinski definition) is 0. The maximum atomic E-state index is 6.02. The molecule has 2 heterocycles. The van der Waals surface area contributed by atoms with E-state index in [1.165, 1.54) is 0 Å². The molecule has 1 saturated heterocycles. The lowest BCUT2D eigenvalue weighted by atomic mass is 10.2. The molecule has 0 spiro atoms. The average Bonchev–Trinajstić information content (AvgIpc) is 2.73. The summed E-state index contributed by atoms with van der Waals surface area (Å²) in [6.45, 7) is 23.3. The fourth-order valence-electron chi connectivity index (χ4n) is 4.35. The van der Waals surface area contributed by atoms with Crippen LogP contribution in [0.15, 0.2) is 0 Å². The topological polar surface area (TPSA) is 72.8 Å². The zero-order valence-electron chi connectivity index (χ0n) is 22.4. The van der Waals surface area contributed by atoms with Crippen molar-refractivity contribution in [2.75, 3.05) is 59.7 Å². The lowest BCUT2D eigenvalue weighted by Gasteiger charge is -2.34. The van der Waals surface area contributed by atoms with Crippen molar-refractivity contribution in [2.24, 2.45) is 0 Å². The summed E-state index contributed by atoms with van der Waals surface area (Å²) in [5, 5.41) is 0. The predicted octanol–water partition coefficient (Wildman–Crippen LogP) is 2.83. The van der Waals surface area contributed by atoms with Gasteiger partial charge in [-0.1, -0.05) is 0 Å². The highest BCUT2D eigenvalue weighted by molar-refractivity contribution is 5.28. The van der Waals surface area contributed by atoms with Gasteiger partial charge >= 0.3 is 18.0 Å². The maximum Gasteiger partial charge on any atom is 0.338 e. The summed E-state index contributed by atoms with van der Waals surface area (Å²) in [5.41, 5.74) is 0. The van der Waals surface area contributed by atoms with Crippen molar-refractivity contribution in [3.63, 3.8) is 0 Å². The third kappa shape index (κ3) is 8.31. The van der Waals surface area contributed by atoms with Crippen LogP contribution in [0.2, 0.25) is 0 Å². The van der Waals surface area contributed by atoms with Crippen molar-refractivity contribution in [2.45, 2.75) is 79.6 Å². The molecule has 2 rings (SSSR count). The Bertz CT molecular complexity index is 647. The van der Waals surface area contributed by atoms with Gasteiger partial charge in [-0.25, -0.2) is 0 Å². The summed E-state index contributed by atoms with van der Waals surface area (Å²) >= 11 is 0. The number of nitrogens with zero attached hydrogens (tertiary/aromatic N) is 6. The Balaban J connectivity index is 2.14. The van der Waals surface area contributed by atoms with Gasteiger partial charge in [-0.05, 0) is 55.4 Å². The zero-order valence-corrected chi connectivity index (χ0v) is 22.4. The second kappa shape index (κ2) is 12.8. The van der Waals surface area contributed by atoms with Crippen LogP contribution in [0.4, 0.5) is 5.95 Å². The van der Waals surface area contributed by atoms with Gasteiger partial charge in [0.15, 0.2) is 0 Å². The summed E-state index contributed by atoms with van der Waals surface area (Å²) in [4.78, 5) is 18.6. The normalized spacial score (nSPS) is 16.6. The number of rotatable bonds is 13. The molecule has 33 heavy (non-hydrogen) atoms. The first-order valence-electron chi connectivity index (χ1n) is 12.5. The van der Waals surface area contributed by atoms with E-state index in [9.17, 15) is 0 Å². The second-order valence-corrected chi connectivity index (χ2v) is 10.2. The molecular formula is C24H47N6O3+. The van der Waals surface area contributed by atoms with E-state index in [-0.39, 0.29) is 0 Å². The van der Waals surface area contributed by atoms with E-state index in [1.54, 1.807) is 0 Å². The maximum absolute atomic E-state index is 6.02. The van der Waals surface area contributed by atoms with Crippen LogP contribution in [0.1, 0.15) is 55.4 Å². The van der Waals surface area contributed by atoms with Gasteiger partial charge < -0.3 is 14.2 Å². The fourth-order valence-corrected chi connectivity index (χ4v) is 4.35. The van der Waals surface area contributed by atoms with Gasteiger partial charge in [-0.2, -0.15) is 0 Å². The van der Waals surface area contributed by atoms with Crippen LogP contribution in [0.25, 0.3) is 0 Å². The van der Waals surface area contributed by atoms with Crippen molar-refractivity contribution in [3.05, 3.63) is 0 Å². The Kier molecular flexibility index (Phi) is 10.7. The average molecular weight is 468 g/mol. The van der Waals surface area contributed by atoms with Crippen molar-refractivity contribution in [1.82, 2.24) is 29.2 Å². The SMILES string of the molecule is CC(C)N(CCOc1nc(OCCN(C(C)C)C(C)C)nc([N+]2(C)CCOCC2)n1)C(C)C. The number of hydrogen-bond acceptors (Lipinski definition) is 8. The van der Waals surface area contributed by atoms with E-state index in [0.29, 0.717) is 73.0 Å². The van der Waals surface area contributed by atoms with Crippen LogP contribution in [0.3, 0.4) is 0 Å². The van der Waals surface area contributed by atoms with Crippen molar-refractivity contribution in [3.8, 4) is 12.0 Å². The molecule has 0 N–H and O–H groups in total. The summed E-state index contributed by atoms with van der Waals surface area (Å²) in [6.07, 6.45) is 0. The van der Waals surface area contributed by atoms with Gasteiger partial charge in [-0.3, -0.25) is 14.3 Å². The van der Waals surface area contributed by atoms with Crippen LogP contribution >= 0.6 is 0 Å². The lowest BCUT2D eigenvalue weighted by molar-refractivity contribution is 0.0486. The van der Waals surface area contributed by atoms with E-state index < -0.39 is 0 Å². The molecule has 0 unspecified atom stereocenters. The van der Waals surface area contributed by atoms with Crippen LogP contribution in [0.5, 0.6) is 12.0 Å². The van der Waals surface area contributed by atoms with Gasteiger partial charge in [0.25, 0.3) is 0 Å². The molecule has 0 bridgehead atoms. The van der Waals surface area contributed by atoms with Gasteiger partial charge in [0.1, 0.15) is 26.3 Å². The van der Waals surface area contributed by atoms with E-state index in [4.69, 9.17) is 14.2 Å². The number of aromatic nitrogens is 3. The molecule has 0 aliphatic carbocycles. The third-order valence-corrected chi connectivity index (χ3v) is 6.34. The fraction of sp³-hybridized carbons (Fsp3) is 0.875. The van der Waals surface area contributed by atoms with Crippen LogP contribution in [0, 0.1) is 0 Å². The highest BCUT2D eigenvalue weighted by Crippen LogP contribution is 2.23. The molecule has 1 aromatic rings. The molecule has 0 saturated carbocycles. The molecule has 9 nitrogen and oxygen atoms in total. The highest BCUT2D eigenvalue weighted by Gasteiger charge is 2.33. The summed E-state index contributed by atoms with van der Waals surface area (Å²) in [5.74, 6) is 0.674. The van der Waals surface area contributed by atoms with Gasteiger partial charge in [0.2, 0.25) is 0 Å². The Labute approximate surface area is 201 Å². The quantitative estimate of drug-likeness (QED) is 0.410. The molecule has 0 atom stereocenters. The monoisotopic (exact) mass is 467 g/mol. The molecule has 1 fully saturated rings. The zero-order chi connectivity index (χ0) is 24.6. The smallest absolute Gasteiger partial charge is 0.338 e. The Morgan fingerprint density at radius 2 is 1.12 bits per heavy atom. The molecule has 1 aliphatic rings. The minimum atomic E-state index is 0.331. The molecule has 0 amide bonds. The van der Waals surface area contributed by atoms with E-state index in [0.717, 1.165) is 26.2 Å². The molecular weight excluding hydrogens is 420 g/mol. The minimum Gasteiger partial charge on any atom is -0.462 e. The minimum absolute atomic E-state index is 0.331. The molecule has 0 radical (unpaired) electrons. The summed E-state index contributed by atoms with van der Waals surface area (Å²) in [7, 11) is 2.13. The van der Waals surface area contributed by atoms with Gasteiger partial charge in [0.05, 0.1) is 20.3 Å². The van der Waals surface area contributed by atoms with Crippen molar-refractivity contribution >= 4 is 5.95 Å². The highest BCUT2D eigenvalue weighted by atomic mass is 16.5. The Morgan fingerprint density at radius 3 is 1.48 bits per heavy atom. The number of morpholine rings is 1. The number of likely N-dealkylation sites (N-methyl/N-ethyl adjacent to an activating group) is 1. The van der Waals surface area contributed by atoms with Crippen LogP contribution in [-0.4, -0.2) is 109 Å². The van der Waals surface area contributed by atoms with Gasteiger partial charge in [-0.15, -0.1) is 15.0 Å². The first kappa shape index (κ1) is 27.7. The molecule has 1 aromatic heterocycles. The number of quaternary nitrogens is 1. The van der Waals surface area contributed by atoms with E-state index in [2.05, 4.69) is 87.2 Å². The molecule has 190 valence electrons. The number of ether oxygens (including phenoxy) is 3. The van der Waals surface area contributed by atoms with Crippen LogP contribution < -0.4 is 14.0 Å². The molecule has 0 aromatic carbocycles. The molecule has 1 aliphatic heterocycles. The summed E-state index contributed by atoms with van der Waals surface area (Å²) < 4.78 is 18.2. The van der Waals surface area contributed by atoms with Crippen LogP contribution in [-0.2, 0) is 4.74 Å².